The molecule has 0 spiro atoms. The van der Waals surface area contributed by atoms with Crippen LogP contribution in [-0.2, 0) is 20.2 Å². The van der Waals surface area contributed by atoms with Crippen LogP contribution >= 0.6 is 0 Å². The van der Waals surface area contributed by atoms with Crippen molar-refractivity contribution in [1.29, 1.82) is 0 Å². The van der Waals surface area contributed by atoms with Gasteiger partial charge in [-0.05, 0) is 51.6 Å². The molecular formula is C28H20Na2O6S2. The summed E-state index contributed by atoms with van der Waals surface area (Å²) in [7, 11) is -9.01. The maximum absolute atomic E-state index is 11.4. The maximum atomic E-state index is 11.4. The first kappa shape index (κ1) is 32.4. The molecule has 4 rings (SSSR count). The van der Waals surface area contributed by atoms with Gasteiger partial charge < -0.3 is 9.11 Å². The minimum absolute atomic E-state index is 0. The summed E-state index contributed by atoms with van der Waals surface area (Å²) in [5.41, 5.74) is 4.92. The molecule has 0 unspecified atom stereocenters. The number of hydrogen-bond acceptors (Lipinski definition) is 6. The van der Waals surface area contributed by atoms with Gasteiger partial charge in [0.1, 0.15) is 20.2 Å². The molecule has 0 aliphatic carbocycles. The predicted octanol–water partition coefficient (Wildman–Crippen LogP) is -0.489. The molecule has 38 heavy (non-hydrogen) atoms. The van der Waals surface area contributed by atoms with Crippen molar-refractivity contribution in [2.45, 2.75) is 9.79 Å². The van der Waals surface area contributed by atoms with Gasteiger partial charge in [0.25, 0.3) is 0 Å². The average molecular weight is 563 g/mol. The molecule has 0 fully saturated rings. The molecule has 0 amide bonds. The van der Waals surface area contributed by atoms with Gasteiger partial charge in [-0.2, -0.15) is 0 Å². The maximum Gasteiger partial charge on any atom is 1.00 e. The third kappa shape index (κ3) is 8.86. The van der Waals surface area contributed by atoms with E-state index >= 15 is 0 Å². The first-order valence-corrected chi connectivity index (χ1v) is 13.6. The van der Waals surface area contributed by atoms with Gasteiger partial charge in [-0.25, -0.2) is 16.8 Å². The molecule has 6 nitrogen and oxygen atoms in total. The van der Waals surface area contributed by atoms with Crippen LogP contribution in [0.5, 0.6) is 0 Å². The minimum atomic E-state index is -4.55. The number of hydrogen-bond donors (Lipinski definition) is 0. The van der Waals surface area contributed by atoms with Crippen LogP contribution in [0.3, 0.4) is 0 Å². The Morgan fingerprint density at radius 2 is 0.868 bits per heavy atom. The topological polar surface area (TPSA) is 114 Å². The van der Waals surface area contributed by atoms with E-state index in [2.05, 4.69) is 0 Å². The van der Waals surface area contributed by atoms with Crippen molar-refractivity contribution in [2.75, 3.05) is 0 Å². The van der Waals surface area contributed by atoms with E-state index in [-0.39, 0.29) is 68.9 Å². The molecular weight excluding hydrogens is 542 g/mol. The van der Waals surface area contributed by atoms with Gasteiger partial charge in [0, 0.05) is 0 Å². The Morgan fingerprint density at radius 1 is 0.474 bits per heavy atom. The van der Waals surface area contributed by atoms with Crippen LogP contribution in [0.15, 0.2) is 107 Å². The van der Waals surface area contributed by atoms with Crippen molar-refractivity contribution in [3.8, 4) is 11.1 Å². The number of rotatable bonds is 7. The van der Waals surface area contributed by atoms with Gasteiger partial charge in [0.05, 0.1) is 9.79 Å². The molecule has 0 saturated carbocycles. The Bertz CT molecular complexity index is 1640. The van der Waals surface area contributed by atoms with Crippen LogP contribution in [0, 0.1) is 0 Å². The van der Waals surface area contributed by atoms with E-state index in [0.29, 0.717) is 5.56 Å². The Morgan fingerprint density at radius 3 is 1.29 bits per heavy atom. The fourth-order valence-corrected chi connectivity index (χ4v) is 4.68. The van der Waals surface area contributed by atoms with Crippen molar-refractivity contribution in [1.82, 2.24) is 0 Å². The van der Waals surface area contributed by atoms with E-state index in [4.69, 9.17) is 0 Å². The van der Waals surface area contributed by atoms with E-state index in [1.165, 1.54) is 24.3 Å². The quantitative estimate of drug-likeness (QED) is 0.171. The van der Waals surface area contributed by atoms with Crippen LogP contribution < -0.4 is 59.1 Å². The van der Waals surface area contributed by atoms with Crippen molar-refractivity contribution in [3.63, 3.8) is 0 Å². The van der Waals surface area contributed by atoms with E-state index in [9.17, 15) is 25.9 Å². The first-order chi connectivity index (χ1) is 17.1. The first-order valence-electron chi connectivity index (χ1n) is 10.8. The summed E-state index contributed by atoms with van der Waals surface area (Å²) in [5.74, 6) is 0. The monoisotopic (exact) mass is 562 g/mol. The Labute approximate surface area is 267 Å². The SMILES string of the molecule is O=S(=O)([O-])c1ccc(/C=C/c2ccc(-c3ccc(/C=C/c4ccccc4S(=O)(=O)[O-])cc3)cc2)cc1.[Na+].[Na+]. The van der Waals surface area contributed by atoms with Gasteiger partial charge in [-0.15, -0.1) is 0 Å². The molecule has 0 N–H and O–H groups in total. The summed E-state index contributed by atoms with van der Waals surface area (Å²) in [4.78, 5) is -0.509. The standard InChI is InChI=1S/C28H22O6S2.2Na/c29-35(30,31)27-19-12-22(13-20-27)6-5-21-7-14-24(15-8-21)25-16-9-23(10-17-25)11-18-26-3-1-2-4-28(26)36(32,33)34;;/h1-20H,(H,29,30,31)(H,32,33,34);;/q;2*+1/p-2/b6-5+,18-11+;;. The van der Waals surface area contributed by atoms with Gasteiger partial charge in [0.15, 0.2) is 0 Å². The molecule has 0 aliphatic rings. The molecule has 0 aromatic heterocycles. The number of benzene rings is 4. The van der Waals surface area contributed by atoms with Crippen LogP contribution in [0.25, 0.3) is 35.4 Å². The van der Waals surface area contributed by atoms with E-state index < -0.39 is 20.2 Å². The van der Waals surface area contributed by atoms with Crippen molar-refractivity contribution in [2.24, 2.45) is 0 Å². The molecule has 0 radical (unpaired) electrons. The molecule has 4 aromatic carbocycles. The zero-order valence-corrected chi connectivity index (χ0v) is 26.4. The summed E-state index contributed by atoms with van der Waals surface area (Å²) < 4.78 is 67.3. The molecule has 0 saturated heterocycles. The fourth-order valence-electron chi connectivity index (χ4n) is 3.54. The Hall–Kier alpha value is -1.82. The average Bonchev–Trinajstić information content (AvgIpc) is 2.86. The molecule has 0 heterocycles. The molecule has 0 bridgehead atoms. The smallest absolute Gasteiger partial charge is 0.744 e. The second-order valence-corrected chi connectivity index (χ2v) is 10.7. The second-order valence-electron chi connectivity index (χ2n) is 7.93. The van der Waals surface area contributed by atoms with Crippen molar-refractivity contribution >= 4 is 44.5 Å². The third-order valence-corrected chi connectivity index (χ3v) is 7.20. The summed E-state index contributed by atoms with van der Waals surface area (Å²) in [6.45, 7) is 0. The zero-order chi connectivity index (χ0) is 25.8. The fraction of sp³-hybridized carbons (Fsp3) is 0. The molecule has 10 heteroatoms. The van der Waals surface area contributed by atoms with Crippen LogP contribution in [-0.4, -0.2) is 25.9 Å². The van der Waals surface area contributed by atoms with E-state index in [1.807, 2.05) is 60.7 Å². The summed E-state index contributed by atoms with van der Waals surface area (Å²) in [6, 6.07) is 27.4. The van der Waals surface area contributed by atoms with Gasteiger partial charge >= 0.3 is 59.1 Å². The van der Waals surface area contributed by atoms with Gasteiger partial charge in [0.2, 0.25) is 0 Å². The van der Waals surface area contributed by atoms with Crippen molar-refractivity contribution < 1.29 is 85.1 Å². The van der Waals surface area contributed by atoms with Crippen LogP contribution in [0.1, 0.15) is 22.3 Å². The zero-order valence-electron chi connectivity index (χ0n) is 20.8. The van der Waals surface area contributed by atoms with Gasteiger partial charge in [-0.1, -0.05) is 103 Å². The summed E-state index contributed by atoms with van der Waals surface area (Å²) in [5, 5.41) is 0. The Balaban J connectivity index is 0.00000253. The minimum Gasteiger partial charge on any atom is -0.744 e. The molecule has 182 valence electrons. The molecule has 4 aromatic rings. The largest absolute Gasteiger partial charge is 1.00 e. The van der Waals surface area contributed by atoms with Crippen LogP contribution in [0.4, 0.5) is 0 Å². The van der Waals surface area contributed by atoms with E-state index in [1.54, 1.807) is 36.4 Å². The molecule has 0 aliphatic heterocycles. The van der Waals surface area contributed by atoms with Crippen LogP contribution in [0.2, 0.25) is 0 Å². The van der Waals surface area contributed by atoms with Gasteiger partial charge in [-0.3, -0.25) is 0 Å². The summed E-state index contributed by atoms with van der Waals surface area (Å²) >= 11 is 0. The normalized spacial score (nSPS) is 11.7. The summed E-state index contributed by atoms with van der Waals surface area (Å²) in [6.07, 6.45) is 7.07. The predicted molar refractivity (Wildman–Crippen MR) is 139 cm³/mol. The molecule has 0 atom stereocenters. The third-order valence-electron chi connectivity index (χ3n) is 5.44. The van der Waals surface area contributed by atoms with Crippen molar-refractivity contribution in [3.05, 3.63) is 119 Å². The van der Waals surface area contributed by atoms with E-state index in [0.717, 1.165) is 27.8 Å². The Kier molecular flexibility index (Phi) is 11.9. The second kappa shape index (κ2) is 14.0.